The summed E-state index contributed by atoms with van der Waals surface area (Å²) in [6.45, 7) is 0. The van der Waals surface area contributed by atoms with Gasteiger partial charge in [0.15, 0.2) is 0 Å². The fourth-order valence-electron chi connectivity index (χ4n) is 1.70. The van der Waals surface area contributed by atoms with E-state index >= 15 is 0 Å². The maximum Gasteiger partial charge on any atom is 0.341 e. The van der Waals surface area contributed by atoms with Gasteiger partial charge in [-0.1, -0.05) is 11.6 Å². The standard InChI is InChI=1S/C14H14ClN3O3/c1-20-9-3-4-11(15)12(6-9)18-13-10(14(19)21-2)5-8(16)7-17-13/h3-7H,16H2,1-2H3,(H,17,18). The number of carbonyl (C=O) groups excluding carboxylic acids is 1. The van der Waals surface area contributed by atoms with Crippen LogP contribution in [0, 0.1) is 0 Å². The minimum Gasteiger partial charge on any atom is -0.497 e. The quantitative estimate of drug-likeness (QED) is 0.845. The zero-order valence-corrected chi connectivity index (χ0v) is 12.3. The van der Waals surface area contributed by atoms with Crippen LogP contribution in [0.2, 0.25) is 5.02 Å². The van der Waals surface area contributed by atoms with Gasteiger partial charge in [-0.2, -0.15) is 0 Å². The van der Waals surface area contributed by atoms with Gasteiger partial charge >= 0.3 is 5.97 Å². The number of esters is 1. The number of pyridine rings is 1. The lowest BCUT2D eigenvalue weighted by molar-refractivity contribution is 0.0601. The van der Waals surface area contributed by atoms with Gasteiger partial charge in [0, 0.05) is 6.07 Å². The maximum absolute atomic E-state index is 11.8. The molecule has 3 N–H and O–H groups in total. The molecule has 0 saturated heterocycles. The molecule has 0 fully saturated rings. The smallest absolute Gasteiger partial charge is 0.341 e. The topological polar surface area (TPSA) is 86.5 Å². The summed E-state index contributed by atoms with van der Waals surface area (Å²) in [5.74, 6) is 0.375. The van der Waals surface area contributed by atoms with Crippen molar-refractivity contribution in [2.24, 2.45) is 0 Å². The molecule has 0 aliphatic heterocycles. The Morgan fingerprint density at radius 2 is 2.10 bits per heavy atom. The molecule has 0 bridgehead atoms. The predicted octanol–water partition coefficient (Wildman–Crippen LogP) is 2.86. The highest BCUT2D eigenvalue weighted by molar-refractivity contribution is 6.33. The summed E-state index contributed by atoms with van der Waals surface area (Å²) < 4.78 is 9.85. The highest BCUT2D eigenvalue weighted by Gasteiger charge is 2.15. The van der Waals surface area contributed by atoms with E-state index in [1.54, 1.807) is 25.3 Å². The van der Waals surface area contributed by atoms with Crippen LogP contribution in [-0.4, -0.2) is 25.2 Å². The first kappa shape index (κ1) is 14.9. The van der Waals surface area contributed by atoms with Crippen molar-refractivity contribution >= 4 is 34.8 Å². The van der Waals surface area contributed by atoms with E-state index in [0.717, 1.165) is 0 Å². The summed E-state index contributed by atoms with van der Waals surface area (Å²) in [5, 5.41) is 3.44. The van der Waals surface area contributed by atoms with Crippen LogP contribution in [0.15, 0.2) is 30.5 Å². The van der Waals surface area contributed by atoms with Crippen LogP contribution in [0.5, 0.6) is 5.75 Å². The Morgan fingerprint density at radius 3 is 2.76 bits per heavy atom. The van der Waals surface area contributed by atoms with Gasteiger partial charge in [-0.05, 0) is 18.2 Å². The van der Waals surface area contributed by atoms with Gasteiger partial charge in [0.1, 0.15) is 17.1 Å². The molecule has 0 amide bonds. The molecule has 110 valence electrons. The number of carbonyl (C=O) groups is 1. The van der Waals surface area contributed by atoms with E-state index in [0.29, 0.717) is 28.0 Å². The van der Waals surface area contributed by atoms with E-state index in [4.69, 9.17) is 26.8 Å². The van der Waals surface area contributed by atoms with Crippen LogP contribution in [0.4, 0.5) is 17.2 Å². The lowest BCUT2D eigenvalue weighted by Gasteiger charge is -2.12. The number of hydrogen-bond donors (Lipinski definition) is 2. The Hall–Kier alpha value is -2.47. The van der Waals surface area contributed by atoms with Gasteiger partial charge in [-0.15, -0.1) is 0 Å². The normalized spacial score (nSPS) is 10.0. The van der Waals surface area contributed by atoms with Gasteiger partial charge in [0.25, 0.3) is 0 Å². The van der Waals surface area contributed by atoms with Gasteiger partial charge in [-0.25, -0.2) is 9.78 Å². The Balaban J connectivity index is 2.42. The molecule has 0 atom stereocenters. The fraction of sp³-hybridized carbons (Fsp3) is 0.143. The highest BCUT2D eigenvalue weighted by Crippen LogP contribution is 2.30. The Kier molecular flexibility index (Phi) is 4.49. The van der Waals surface area contributed by atoms with Crippen LogP contribution >= 0.6 is 11.6 Å². The van der Waals surface area contributed by atoms with Crippen molar-refractivity contribution in [1.29, 1.82) is 0 Å². The first-order chi connectivity index (χ1) is 10.0. The third-order valence-electron chi connectivity index (χ3n) is 2.74. The van der Waals surface area contributed by atoms with Crippen molar-refractivity contribution in [2.75, 3.05) is 25.3 Å². The molecule has 2 rings (SSSR count). The summed E-state index contributed by atoms with van der Waals surface area (Å²) in [7, 11) is 2.84. The summed E-state index contributed by atoms with van der Waals surface area (Å²) in [6, 6.07) is 6.58. The average Bonchev–Trinajstić information content (AvgIpc) is 2.50. The molecule has 1 aromatic heterocycles. The van der Waals surface area contributed by atoms with E-state index in [2.05, 4.69) is 10.3 Å². The van der Waals surface area contributed by atoms with Gasteiger partial charge in [0.2, 0.25) is 0 Å². The first-order valence-corrected chi connectivity index (χ1v) is 6.37. The van der Waals surface area contributed by atoms with Crippen molar-refractivity contribution in [3.63, 3.8) is 0 Å². The Morgan fingerprint density at radius 1 is 1.33 bits per heavy atom. The molecule has 0 radical (unpaired) electrons. The maximum atomic E-state index is 11.8. The molecule has 0 saturated carbocycles. The van der Waals surface area contributed by atoms with E-state index in [9.17, 15) is 4.79 Å². The SMILES string of the molecule is COC(=O)c1cc(N)cnc1Nc1cc(OC)ccc1Cl. The lowest BCUT2D eigenvalue weighted by Crippen LogP contribution is -2.08. The molecular formula is C14H14ClN3O3. The number of nitrogens with one attached hydrogen (secondary N) is 1. The first-order valence-electron chi connectivity index (χ1n) is 5.99. The van der Waals surface area contributed by atoms with Crippen molar-refractivity contribution in [3.05, 3.63) is 41.0 Å². The van der Waals surface area contributed by atoms with Crippen LogP contribution in [0.25, 0.3) is 0 Å². The molecular weight excluding hydrogens is 294 g/mol. The molecule has 1 aromatic carbocycles. The average molecular weight is 308 g/mol. The fourth-order valence-corrected chi connectivity index (χ4v) is 1.87. The molecule has 0 unspecified atom stereocenters. The second kappa shape index (κ2) is 6.32. The number of methoxy groups -OCH3 is 2. The third kappa shape index (κ3) is 3.35. The van der Waals surface area contributed by atoms with Crippen molar-refractivity contribution in [3.8, 4) is 5.75 Å². The minimum atomic E-state index is -0.545. The number of anilines is 3. The number of nitrogens with two attached hydrogens (primary N) is 1. The van der Waals surface area contributed by atoms with Crippen molar-refractivity contribution < 1.29 is 14.3 Å². The largest absolute Gasteiger partial charge is 0.497 e. The number of halogens is 1. The summed E-state index contributed by atoms with van der Waals surface area (Å²) in [6.07, 6.45) is 1.43. The monoisotopic (exact) mass is 307 g/mol. The van der Waals surface area contributed by atoms with Gasteiger partial charge < -0.3 is 20.5 Å². The Labute approximate surface area is 126 Å². The van der Waals surface area contributed by atoms with E-state index in [1.165, 1.54) is 19.4 Å². The molecule has 0 aliphatic rings. The van der Waals surface area contributed by atoms with E-state index in [-0.39, 0.29) is 5.56 Å². The highest BCUT2D eigenvalue weighted by atomic mass is 35.5. The summed E-state index contributed by atoms with van der Waals surface area (Å²) in [5.41, 5.74) is 6.78. The molecule has 0 aliphatic carbocycles. The van der Waals surface area contributed by atoms with Gasteiger partial charge in [-0.3, -0.25) is 0 Å². The van der Waals surface area contributed by atoms with Crippen LogP contribution in [0.1, 0.15) is 10.4 Å². The summed E-state index contributed by atoms with van der Waals surface area (Å²) >= 11 is 6.11. The second-order valence-electron chi connectivity index (χ2n) is 4.13. The molecule has 21 heavy (non-hydrogen) atoms. The number of nitrogens with zero attached hydrogens (tertiary/aromatic N) is 1. The second-order valence-corrected chi connectivity index (χ2v) is 4.53. The molecule has 2 aromatic rings. The zero-order valence-electron chi connectivity index (χ0n) is 11.5. The van der Waals surface area contributed by atoms with Crippen molar-refractivity contribution in [2.45, 2.75) is 0 Å². The van der Waals surface area contributed by atoms with Crippen LogP contribution in [-0.2, 0) is 4.74 Å². The molecule has 0 spiro atoms. The number of benzene rings is 1. The van der Waals surface area contributed by atoms with E-state index in [1.807, 2.05) is 0 Å². The summed E-state index contributed by atoms with van der Waals surface area (Å²) in [4.78, 5) is 15.9. The van der Waals surface area contributed by atoms with Crippen LogP contribution in [0.3, 0.4) is 0 Å². The molecule has 1 heterocycles. The predicted molar refractivity (Wildman–Crippen MR) is 81.3 cm³/mol. The van der Waals surface area contributed by atoms with Crippen LogP contribution < -0.4 is 15.8 Å². The molecule has 6 nitrogen and oxygen atoms in total. The number of ether oxygens (including phenoxy) is 2. The lowest BCUT2D eigenvalue weighted by atomic mass is 10.2. The molecule has 7 heteroatoms. The van der Waals surface area contributed by atoms with Gasteiger partial charge in [0.05, 0.1) is 36.8 Å². The number of hydrogen-bond acceptors (Lipinski definition) is 6. The zero-order chi connectivity index (χ0) is 15.4. The van der Waals surface area contributed by atoms with E-state index < -0.39 is 5.97 Å². The number of aromatic nitrogens is 1. The Bertz CT molecular complexity index is 677. The third-order valence-corrected chi connectivity index (χ3v) is 3.07. The minimum absolute atomic E-state index is 0.219. The van der Waals surface area contributed by atoms with Crippen molar-refractivity contribution in [1.82, 2.24) is 4.98 Å². The number of rotatable bonds is 4. The number of nitrogen functional groups attached to an aromatic ring is 1.